The van der Waals surface area contributed by atoms with E-state index in [1.165, 1.54) is 0 Å². The number of amides is 2. The van der Waals surface area contributed by atoms with Gasteiger partial charge in [-0.1, -0.05) is 0 Å². The molecule has 0 radical (unpaired) electrons. The van der Waals surface area contributed by atoms with Crippen molar-refractivity contribution in [3.8, 4) is 0 Å². The van der Waals surface area contributed by atoms with Gasteiger partial charge in [-0.15, -0.1) is 0 Å². The van der Waals surface area contributed by atoms with E-state index in [1.807, 2.05) is 0 Å². The summed E-state index contributed by atoms with van der Waals surface area (Å²) in [6.07, 6.45) is 0.392. The van der Waals surface area contributed by atoms with Crippen LogP contribution in [0.15, 0.2) is 0 Å². The van der Waals surface area contributed by atoms with Gasteiger partial charge in [0.05, 0.1) is 6.04 Å². The number of carbonyl (C=O) groups is 2. The Bertz CT molecular complexity index is 203. The minimum atomic E-state index is -0.340. The molecule has 0 bridgehead atoms. The lowest BCUT2D eigenvalue weighted by atomic mass is 10.1. The molecule has 2 rings (SSSR count). The van der Waals surface area contributed by atoms with Crippen molar-refractivity contribution in [2.75, 3.05) is 0 Å². The first-order valence-electron chi connectivity index (χ1n) is 3.12. The van der Waals surface area contributed by atoms with Crippen LogP contribution in [-0.4, -0.2) is 23.9 Å². The van der Waals surface area contributed by atoms with Crippen LogP contribution < -0.4 is 16.2 Å². The fourth-order valence-electron chi connectivity index (χ4n) is 1.27. The molecule has 0 saturated carbocycles. The van der Waals surface area contributed by atoms with E-state index in [0.29, 0.717) is 6.42 Å². The lowest BCUT2D eigenvalue weighted by Gasteiger charge is -2.00. The standard InChI is InChI=1S/C5H7N3O2/c9-3-1-2-4(6-3)5(10)8-7-2/h2,4,7H,1H2,(H,6,9)(H,8,10). The van der Waals surface area contributed by atoms with Crippen LogP contribution in [0, 0.1) is 0 Å². The van der Waals surface area contributed by atoms with E-state index in [2.05, 4.69) is 16.2 Å². The monoisotopic (exact) mass is 141 g/mol. The summed E-state index contributed by atoms with van der Waals surface area (Å²) < 4.78 is 0. The van der Waals surface area contributed by atoms with Gasteiger partial charge in [0, 0.05) is 6.42 Å². The van der Waals surface area contributed by atoms with Crippen LogP contribution in [0.2, 0.25) is 0 Å². The number of nitrogens with one attached hydrogen (secondary N) is 3. The van der Waals surface area contributed by atoms with Crippen molar-refractivity contribution < 1.29 is 9.59 Å². The first kappa shape index (κ1) is 5.67. The Labute approximate surface area is 57.1 Å². The number of hydrazine groups is 1. The van der Waals surface area contributed by atoms with Gasteiger partial charge in [0.1, 0.15) is 6.04 Å². The van der Waals surface area contributed by atoms with Gasteiger partial charge in [0.2, 0.25) is 5.91 Å². The fraction of sp³-hybridized carbons (Fsp3) is 0.600. The van der Waals surface area contributed by atoms with Crippen LogP contribution in [0.25, 0.3) is 0 Å². The maximum absolute atomic E-state index is 10.8. The van der Waals surface area contributed by atoms with Crippen molar-refractivity contribution in [1.82, 2.24) is 16.2 Å². The second-order valence-corrected chi connectivity index (χ2v) is 2.49. The third-order valence-electron chi connectivity index (χ3n) is 1.79. The molecular formula is C5H7N3O2. The van der Waals surface area contributed by atoms with Crippen molar-refractivity contribution >= 4 is 11.8 Å². The average molecular weight is 141 g/mol. The number of rotatable bonds is 0. The molecule has 0 spiro atoms. The lowest BCUT2D eigenvalue weighted by Crippen LogP contribution is -2.36. The SMILES string of the molecule is O=C1CC2NNC(=O)C2N1. The van der Waals surface area contributed by atoms with Crippen LogP contribution >= 0.6 is 0 Å². The number of fused-ring (bicyclic) bond motifs is 1. The molecule has 2 aliphatic rings. The van der Waals surface area contributed by atoms with Gasteiger partial charge in [0.25, 0.3) is 5.91 Å². The maximum Gasteiger partial charge on any atom is 0.258 e. The summed E-state index contributed by atoms with van der Waals surface area (Å²) in [5.74, 6) is -0.201. The van der Waals surface area contributed by atoms with Gasteiger partial charge in [0.15, 0.2) is 0 Å². The van der Waals surface area contributed by atoms with E-state index >= 15 is 0 Å². The Kier molecular flexibility index (Phi) is 0.960. The van der Waals surface area contributed by atoms with Crippen LogP contribution in [-0.2, 0) is 9.59 Å². The number of carbonyl (C=O) groups excluding carboxylic acids is 2. The molecular weight excluding hydrogens is 134 g/mol. The molecule has 54 valence electrons. The molecule has 5 heteroatoms. The van der Waals surface area contributed by atoms with Crippen molar-refractivity contribution in [2.45, 2.75) is 18.5 Å². The molecule has 2 fully saturated rings. The van der Waals surface area contributed by atoms with E-state index in [9.17, 15) is 9.59 Å². The van der Waals surface area contributed by atoms with Crippen LogP contribution in [0.3, 0.4) is 0 Å². The summed E-state index contributed by atoms with van der Waals surface area (Å²) in [5, 5.41) is 2.55. The second kappa shape index (κ2) is 1.69. The van der Waals surface area contributed by atoms with E-state index in [0.717, 1.165) is 0 Å². The van der Waals surface area contributed by atoms with Gasteiger partial charge in [-0.2, -0.15) is 0 Å². The largest absolute Gasteiger partial charge is 0.343 e. The predicted molar refractivity (Wildman–Crippen MR) is 31.6 cm³/mol. The van der Waals surface area contributed by atoms with Crippen LogP contribution in [0.5, 0.6) is 0 Å². The molecule has 0 aliphatic carbocycles. The number of hydrogen-bond acceptors (Lipinski definition) is 3. The van der Waals surface area contributed by atoms with Crippen LogP contribution in [0.4, 0.5) is 0 Å². The molecule has 2 heterocycles. The molecule has 0 aromatic carbocycles. The quantitative estimate of drug-likeness (QED) is 0.361. The van der Waals surface area contributed by atoms with Crippen LogP contribution in [0.1, 0.15) is 6.42 Å². The zero-order valence-electron chi connectivity index (χ0n) is 5.18. The lowest BCUT2D eigenvalue weighted by molar-refractivity contribution is -0.125. The van der Waals surface area contributed by atoms with Gasteiger partial charge < -0.3 is 5.32 Å². The van der Waals surface area contributed by atoms with Gasteiger partial charge >= 0.3 is 0 Å². The highest BCUT2D eigenvalue weighted by atomic mass is 16.2. The molecule has 10 heavy (non-hydrogen) atoms. The summed E-state index contributed by atoms with van der Waals surface area (Å²) in [7, 11) is 0. The number of hydrogen-bond donors (Lipinski definition) is 3. The molecule has 2 aliphatic heterocycles. The molecule has 2 amide bonds. The Morgan fingerprint density at radius 1 is 1.40 bits per heavy atom. The van der Waals surface area contributed by atoms with Gasteiger partial charge in [-0.3, -0.25) is 15.0 Å². The third kappa shape index (κ3) is 0.607. The third-order valence-corrected chi connectivity index (χ3v) is 1.79. The normalized spacial score (nSPS) is 37.2. The topological polar surface area (TPSA) is 70.2 Å². The Hall–Kier alpha value is -1.10. The molecule has 0 aromatic rings. The van der Waals surface area contributed by atoms with Crippen molar-refractivity contribution in [1.29, 1.82) is 0 Å². The summed E-state index contributed by atoms with van der Waals surface area (Å²) in [4.78, 5) is 21.5. The first-order chi connectivity index (χ1) is 4.77. The van der Waals surface area contributed by atoms with Gasteiger partial charge in [-0.25, -0.2) is 5.43 Å². The predicted octanol–water partition coefficient (Wildman–Crippen LogP) is -2.12. The van der Waals surface area contributed by atoms with E-state index in [4.69, 9.17) is 0 Å². The van der Waals surface area contributed by atoms with Crippen molar-refractivity contribution in [2.24, 2.45) is 0 Å². The summed E-state index contributed by atoms with van der Waals surface area (Å²) >= 11 is 0. The highest BCUT2D eigenvalue weighted by molar-refractivity contribution is 5.93. The van der Waals surface area contributed by atoms with Crippen molar-refractivity contribution in [3.05, 3.63) is 0 Å². The highest BCUT2D eigenvalue weighted by Crippen LogP contribution is 2.10. The molecule has 2 atom stereocenters. The molecule has 2 unspecified atom stereocenters. The summed E-state index contributed by atoms with van der Waals surface area (Å²) in [5.41, 5.74) is 5.15. The first-order valence-corrected chi connectivity index (χ1v) is 3.12. The summed E-state index contributed by atoms with van der Waals surface area (Å²) in [6.45, 7) is 0. The minimum Gasteiger partial charge on any atom is -0.343 e. The Morgan fingerprint density at radius 3 is 2.90 bits per heavy atom. The van der Waals surface area contributed by atoms with Gasteiger partial charge in [-0.05, 0) is 0 Å². The fourth-order valence-corrected chi connectivity index (χ4v) is 1.27. The van der Waals surface area contributed by atoms with E-state index < -0.39 is 0 Å². The molecule has 2 saturated heterocycles. The zero-order chi connectivity index (χ0) is 7.14. The smallest absolute Gasteiger partial charge is 0.258 e. The Morgan fingerprint density at radius 2 is 2.20 bits per heavy atom. The molecule has 5 nitrogen and oxygen atoms in total. The molecule has 3 N–H and O–H groups in total. The average Bonchev–Trinajstić information content (AvgIpc) is 2.35. The maximum atomic E-state index is 10.8. The second-order valence-electron chi connectivity index (χ2n) is 2.49. The minimum absolute atomic E-state index is 0.0417. The highest BCUT2D eigenvalue weighted by Gasteiger charge is 2.41. The van der Waals surface area contributed by atoms with Crippen molar-refractivity contribution in [3.63, 3.8) is 0 Å². The van der Waals surface area contributed by atoms with E-state index in [1.54, 1.807) is 0 Å². The summed E-state index contributed by atoms with van der Waals surface area (Å²) in [6, 6.07) is -0.382. The van der Waals surface area contributed by atoms with E-state index in [-0.39, 0.29) is 23.9 Å². The zero-order valence-corrected chi connectivity index (χ0v) is 5.18. The molecule has 0 aromatic heterocycles. The Balaban J connectivity index is 2.19.